The number of carbonyl (C=O) groups is 2. The summed E-state index contributed by atoms with van der Waals surface area (Å²) in [5.41, 5.74) is 0. The molecule has 1 N–H and O–H groups in total. The number of amides is 2. The van der Waals surface area contributed by atoms with Gasteiger partial charge in [-0.1, -0.05) is 0 Å². The van der Waals surface area contributed by atoms with Gasteiger partial charge in [0.05, 0.1) is 6.61 Å². The Morgan fingerprint density at radius 3 is 2.71 bits per heavy atom. The molecule has 2 fully saturated rings. The summed E-state index contributed by atoms with van der Waals surface area (Å²) in [5, 5.41) is 9.05. The van der Waals surface area contributed by atoms with Crippen molar-refractivity contribution in [1.29, 1.82) is 0 Å². The monoisotopic (exact) mass is 242 g/mol. The first kappa shape index (κ1) is 12.2. The van der Waals surface area contributed by atoms with Crippen molar-refractivity contribution >= 4 is 12.0 Å². The first-order chi connectivity index (χ1) is 8.20. The normalized spacial score (nSPS) is 25.8. The van der Waals surface area contributed by atoms with Gasteiger partial charge in [0.25, 0.3) is 0 Å². The van der Waals surface area contributed by atoms with Crippen LogP contribution in [0.2, 0.25) is 0 Å². The van der Waals surface area contributed by atoms with Crippen LogP contribution in [0, 0.1) is 0 Å². The van der Waals surface area contributed by atoms with Crippen molar-refractivity contribution in [1.82, 2.24) is 9.80 Å². The molecule has 17 heavy (non-hydrogen) atoms. The third kappa shape index (κ3) is 2.69. The van der Waals surface area contributed by atoms with E-state index in [0.29, 0.717) is 39.3 Å². The lowest BCUT2D eigenvalue weighted by molar-refractivity contribution is -0.141. The summed E-state index contributed by atoms with van der Waals surface area (Å²) in [6.07, 6.45) is 2.15. The van der Waals surface area contributed by atoms with Crippen LogP contribution < -0.4 is 0 Å². The van der Waals surface area contributed by atoms with E-state index in [2.05, 4.69) is 0 Å². The van der Waals surface area contributed by atoms with Gasteiger partial charge in [-0.15, -0.1) is 0 Å². The zero-order chi connectivity index (χ0) is 12.3. The van der Waals surface area contributed by atoms with Crippen molar-refractivity contribution in [2.75, 3.05) is 32.8 Å². The largest absolute Gasteiger partial charge is 0.480 e. The molecule has 0 aromatic carbocycles. The van der Waals surface area contributed by atoms with Gasteiger partial charge in [0.1, 0.15) is 6.04 Å². The van der Waals surface area contributed by atoms with E-state index in [-0.39, 0.29) is 6.03 Å². The van der Waals surface area contributed by atoms with Gasteiger partial charge in [-0.2, -0.15) is 0 Å². The number of nitrogens with zero attached hydrogens (tertiary/aromatic N) is 2. The van der Waals surface area contributed by atoms with Gasteiger partial charge in [-0.25, -0.2) is 9.59 Å². The molecule has 1 atom stereocenters. The molecular weight excluding hydrogens is 224 g/mol. The van der Waals surface area contributed by atoms with Crippen LogP contribution >= 0.6 is 0 Å². The highest BCUT2D eigenvalue weighted by molar-refractivity contribution is 5.83. The summed E-state index contributed by atoms with van der Waals surface area (Å²) in [6.45, 7) is 2.97. The first-order valence-corrected chi connectivity index (χ1v) is 6.06. The fraction of sp³-hybridized carbons (Fsp3) is 0.818. The van der Waals surface area contributed by atoms with Crippen LogP contribution in [-0.2, 0) is 9.53 Å². The van der Waals surface area contributed by atoms with Gasteiger partial charge in [-0.3, -0.25) is 0 Å². The van der Waals surface area contributed by atoms with Crippen LogP contribution in [0.25, 0.3) is 0 Å². The number of aliphatic carboxylic acids is 1. The molecule has 0 aliphatic carbocycles. The molecule has 2 saturated heterocycles. The number of ether oxygens (including phenoxy) is 1. The molecule has 2 heterocycles. The SMILES string of the molecule is O=C(O)[C@H]1CCCN1C(=O)N1CCCOCC1. The number of rotatable bonds is 1. The van der Waals surface area contributed by atoms with E-state index >= 15 is 0 Å². The molecule has 2 aliphatic rings. The number of hydrogen-bond acceptors (Lipinski definition) is 3. The van der Waals surface area contributed by atoms with E-state index < -0.39 is 12.0 Å². The third-order valence-electron chi connectivity index (χ3n) is 3.28. The number of carbonyl (C=O) groups excluding carboxylic acids is 1. The zero-order valence-electron chi connectivity index (χ0n) is 9.80. The molecule has 2 aliphatic heterocycles. The fourth-order valence-corrected chi connectivity index (χ4v) is 2.37. The molecule has 0 aromatic heterocycles. The summed E-state index contributed by atoms with van der Waals surface area (Å²) in [4.78, 5) is 26.4. The van der Waals surface area contributed by atoms with Crippen LogP contribution in [0.1, 0.15) is 19.3 Å². The van der Waals surface area contributed by atoms with Gasteiger partial charge in [-0.05, 0) is 19.3 Å². The smallest absolute Gasteiger partial charge is 0.326 e. The maximum absolute atomic E-state index is 12.2. The van der Waals surface area contributed by atoms with Crippen LogP contribution in [0.3, 0.4) is 0 Å². The topological polar surface area (TPSA) is 70.1 Å². The van der Waals surface area contributed by atoms with Crippen LogP contribution in [0.4, 0.5) is 4.79 Å². The molecule has 0 saturated carbocycles. The lowest BCUT2D eigenvalue weighted by atomic mass is 10.2. The number of hydrogen-bond donors (Lipinski definition) is 1. The average Bonchev–Trinajstić information content (AvgIpc) is 2.64. The number of carboxylic acids is 1. The number of urea groups is 1. The van der Waals surface area contributed by atoms with Crippen molar-refractivity contribution < 1.29 is 19.4 Å². The summed E-state index contributed by atoms with van der Waals surface area (Å²) in [6, 6.07) is -0.799. The third-order valence-corrected chi connectivity index (χ3v) is 3.28. The molecule has 6 nitrogen and oxygen atoms in total. The van der Waals surface area contributed by atoms with E-state index in [0.717, 1.165) is 12.8 Å². The summed E-state index contributed by atoms with van der Waals surface area (Å²) >= 11 is 0. The molecule has 0 unspecified atom stereocenters. The van der Waals surface area contributed by atoms with Crippen molar-refractivity contribution in [3.8, 4) is 0 Å². The van der Waals surface area contributed by atoms with E-state index in [4.69, 9.17) is 9.84 Å². The Bertz CT molecular complexity index is 300. The standard InChI is InChI=1S/C11H18N2O4/c14-10(15)9-3-1-5-13(9)11(16)12-4-2-7-17-8-6-12/h9H,1-8H2,(H,14,15)/t9-/m1/s1. The van der Waals surface area contributed by atoms with Gasteiger partial charge in [0.15, 0.2) is 0 Å². The summed E-state index contributed by atoms with van der Waals surface area (Å²) in [5.74, 6) is -0.901. The summed E-state index contributed by atoms with van der Waals surface area (Å²) in [7, 11) is 0. The Hall–Kier alpha value is -1.30. The van der Waals surface area contributed by atoms with Crippen LogP contribution in [0.15, 0.2) is 0 Å². The first-order valence-electron chi connectivity index (χ1n) is 6.06. The van der Waals surface area contributed by atoms with Crippen molar-refractivity contribution in [2.24, 2.45) is 0 Å². The highest BCUT2D eigenvalue weighted by atomic mass is 16.5. The predicted octanol–water partition coefficient (Wildman–Crippen LogP) is 0.378. The van der Waals surface area contributed by atoms with Crippen molar-refractivity contribution in [3.63, 3.8) is 0 Å². The maximum atomic E-state index is 12.2. The van der Waals surface area contributed by atoms with Crippen LogP contribution in [-0.4, -0.2) is 65.8 Å². The number of likely N-dealkylation sites (tertiary alicyclic amines) is 1. The Balaban J connectivity index is 2.00. The molecular formula is C11H18N2O4. The highest BCUT2D eigenvalue weighted by Crippen LogP contribution is 2.19. The van der Waals surface area contributed by atoms with E-state index in [1.165, 1.54) is 4.90 Å². The Labute approximate surface area is 100 Å². The number of carboxylic acid groups (broad SMARTS) is 1. The van der Waals surface area contributed by atoms with Crippen LogP contribution in [0.5, 0.6) is 0 Å². The van der Waals surface area contributed by atoms with Gasteiger partial charge < -0.3 is 19.6 Å². The average molecular weight is 242 g/mol. The fourth-order valence-electron chi connectivity index (χ4n) is 2.37. The Kier molecular flexibility index (Phi) is 3.83. The molecule has 6 heteroatoms. The molecule has 2 rings (SSSR count). The van der Waals surface area contributed by atoms with E-state index in [1.54, 1.807) is 4.90 Å². The Morgan fingerprint density at radius 2 is 1.94 bits per heavy atom. The molecule has 0 aromatic rings. The van der Waals surface area contributed by atoms with E-state index in [9.17, 15) is 9.59 Å². The quantitative estimate of drug-likeness (QED) is 0.721. The minimum atomic E-state index is -0.901. The van der Waals surface area contributed by atoms with Gasteiger partial charge in [0, 0.05) is 26.2 Å². The minimum absolute atomic E-state index is 0.152. The maximum Gasteiger partial charge on any atom is 0.326 e. The summed E-state index contributed by atoms with van der Waals surface area (Å²) < 4.78 is 5.28. The zero-order valence-corrected chi connectivity index (χ0v) is 9.80. The van der Waals surface area contributed by atoms with Crippen molar-refractivity contribution in [3.05, 3.63) is 0 Å². The second-order valence-electron chi connectivity index (χ2n) is 4.43. The molecule has 2 amide bonds. The Morgan fingerprint density at radius 1 is 1.12 bits per heavy atom. The van der Waals surface area contributed by atoms with Gasteiger partial charge in [0.2, 0.25) is 0 Å². The second-order valence-corrected chi connectivity index (χ2v) is 4.43. The van der Waals surface area contributed by atoms with E-state index in [1.807, 2.05) is 0 Å². The molecule has 0 bridgehead atoms. The molecule has 96 valence electrons. The minimum Gasteiger partial charge on any atom is -0.480 e. The molecule has 0 spiro atoms. The molecule has 0 radical (unpaired) electrons. The van der Waals surface area contributed by atoms with Gasteiger partial charge >= 0.3 is 12.0 Å². The lowest BCUT2D eigenvalue weighted by Crippen LogP contribution is -2.48. The lowest BCUT2D eigenvalue weighted by Gasteiger charge is -2.29. The highest BCUT2D eigenvalue weighted by Gasteiger charge is 2.36. The predicted molar refractivity (Wildman–Crippen MR) is 59.8 cm³/mol. The second kappa shape index (κ2) is 5.35. The van der Waals surface area contributed by atoms with Crippen molar-refractivity contribution in [2.45, 2.75) is 25.3 Å².